The largest absolute Gasteiger partial charge is 0.491 e. The Bertz CT molecular complexity index is 524. The van der Waals surface area contributed by atoms with E-state index in [-0.39, 0.29) is 30.3 Å². The zero-order valence-electron chi connectivity index (χ0n) is 15.8. The minimum atomic E-state index is -0.0256. The van der Waals surface area contributed by atoms with Gasteiger partial charge in [0.1, 0.15) is 12.4 Å². The number of nitrogens with zero attached hydrogens (tertiary/aromatic N) is 1. The summed E-state index contributed by atoms with van der Waals surface area (Å²) in [7, 11) is 0. The summed E-state index contributed by atoms with van der Waals surface area (Å²) in [4.78, 5) is 2.44. The Kier molecular flexibility index (Phi) is 5.95. The van der Waals surface area contributed by atoms with Crippen molar-refractivity contribution in [2.75, 3.05) is 19.8 Å². The van der Waals surface area contributed by atoms with Crippen LogP contribution in [0.25, 0.3) is 0 Å². The van der Waals surface area contributed by atoms with Crippen LogP contribution >= 0.6 is 0 Å². The second kappa shape index (κ2) is 7.42. The molecular formula is C20H33NO3. The minimum absolute atomic E-state index is 0.0256. The molecule has 0 aromatic heterocycles. The summed E-state index contributed by atoms with van der Waals surface area (Å²) < 4.78 is 6.16. The standard InChI is InChI=1S/C20H33NO3/c1-15-7-6-8-16(2)18(15)24-13-17(3)21-19(4,9-11-22)14-20(21,5)10-12-23/h6-8,17,22-23H,9-14H2,1-5H3. The predicted molar refractivity (Wildman–Crippen MR) is 97.5 cm³/mol. The van der Waals surface area contributed by atoms with Crippen LogP contribution in [0.1, 0.15) is 51.2 Å². The van der Waals surface area contributed by atoms with Gasteiger partial charge in [-0.25, -0.2) is 0 Å². The van der Waals surface area contributed by atoms with Crippen molar-refractivity contribution >= 4 is 0 Å². The lowest BCUT2D eigenvalue weighted by Gasteiger charge is -2.66. The molecule has 0 saturated carbocycles. The highest BCUT2D eigenvalue weighted by molar-refractivity contribution is 5.39. The van der Waals surface area contributed by atoms with E-state index in [9.17, 15) is 10.2 Å². The molecule has 1 aromatic carbocycles. The lowest BCUT2D eigenvalue weighted by atomic mass is 9.66. The average Bonchev–Trinajstić information content (AvgIpc) is 2.46. The normalized spacial score (nSPS) is 28.5. The molecule has 1 aliphatic heterocycles. The topological polar surface area (TPSA) is 52.9 Å². The molecule has 1 fully saturated rings. The van der Waals surface area contributed by atoms with E-state index >= 15 is 0 Å². The molecule has 1 aromatic rings. The third-order valence-corrected chi connectivity index (χ3v) is 5.54. The number of aryl methyl sites for hydroxylation is 2. The first-order valence-electron chi connectivity index (χ1n) is 8.97. The van der Waals surface area contributed by atoms with Gasteiger partial charge in [-0.2, -0.15) is 0 Å². The van der Waals surface area contributed by atoms with E-state index in [1.165, 1.54) is 0 Å². The van der Waals surface area contributed by atoms with Crippen LogP contribution in [0.5, 0.6) is 5.75 Å². The molecule has 2 rings (SSSR count). The van der Waals surface area contributed by atoms with Gasteiger partial charge in [0.2, 0.25) is 0 Å². The van der Waals surface area contributed by atoms with E-state index in [1.807, 2.05) is 6.07 Å². The molecule has 3 unspecified atom stereocenters. The van der Waals surface area contributed by atoms with Crippen LogP contribution in [0.15, 0.2) is 18.2 Å². The van der Waals surface area contributed by atoms with E-state index in [0.29, 0.717) is 6.61 Å². The van der Waals surface area contributed by atoms with Crippen molar-refractivity contribution in [3.8, 4) is 5.75 Å². The molecule has 136 valence electrons. The molecule has 1 saturated heterocycles. The maximum atomic E-state index is 9.44. The fraction of sp³-hybridized carbons (Fsp3) is 0.700. The Labute approximate surface area is 146 Å². The number of likely N-dealkylation sites (tertiary alicyclic amines) is 1. The summed E-state index contributed by atoms with van der Waals surface area (Å²) in [5.41, 5.74) is 2.26. The predicted octanol–water partition coefficient (Wildman–Crippen LogP) is 3.06. The van der Waals surface area contributed by atoms with E-state index < -0.39 is 0 Å². The lowest BCUT2D eigenvalue weighted by Crippen LogP contribution is -2.74. The number of hydrogen-bond donors (Lipinski definition) is 2. The van der Waals surface area contributed by atoms with Crippen LogP contribution in [0.4, 0.5) is 0 Å². The SMILES string of the molecule is Cc1cccc(C)c1OCC(C)N1C(C)(CCO)CC1(C)CCO. The lowest BCUT2D eigenvalue weighted by molar-refractivity contribution is -0.170. The van der Waals surface area contributed by atoms with Crippen LogP contribution in [-0.4, -0.2) is 52.1 Å². The van der Waals surface area contributed by atoms with Crippen molar-refractivity contribution in [1.29, 1.82) is 0 Å². The summed E-state index contributed by atoms with van der Waals surface area (Å²) >= 11 is 0. The van der Waals surface area contributed by atoms with Gasteiger partial charge >= 0.3 is 0 Å². The van der Waals surface area contributed by atoms with Gasteiger partial charge in [-0.3, -0.25) is 4.90 Å². The first-order valence-corrected chi connectivity index (χ1v) is 8.97. The summed E-state index contributed by atoms with van der Waals surface area (Å²) in [5, 5.41) is 18.9. The zero-order valence-corrected chi connectivity index (χ0v) is 15.8. The second-order valence-corrected chi connectivity index (χ2v) is 7.87. The zero-order chi connectivity index (χ0) is 18.0. The Morgan fingerprint density at radius 3 is 2.04 bits per heavy atom. The first-order chi connectivity index (χ1) is 11.3. The summed E-state index contributed by atoms with van der Waals surface area (Å²) in [6.07, 6.45) is 2.50. The molecule has 0 aliphatic carbocycles. The molecule has 24 heavy (non-hydrogen) atoms. The van der Waals surface area contributed by atoms with Gasteiger partial charge in [-0.05, 0) is 65.0 Å². The fourth-order valence-electron chi connectivity index (χ4n) is 4.82. The molecule has 4 nitrogen and oxygen atoms in total. The van der Waals surface area contributed by atoms with E-state index in [4.69, 9.17) is 4.74 Å². The quantitative estimate of drug-likeness (QED) is 0.767. The van der Waals surface area contributed by atoms with Crippen LogP contribution in [0.3, 0.4) is 0 Å². The molecule has 3 atom stereocenters. The molecule has 1 aliphatic rings. The van der Waals surface area contributed by atoms with Crippen LogP contribution < -0.4 is 4.74 Å². The maximum Gasteiger partial charge on any atom is 0.125 e. The molecule has 0 radical (unpaired) electrons. The Morgan fingerprint density at radius 1 is 1.08 bits per heavy atom. The van der Waals surface area contributed by atoms with Crippen molar-refractivity contribution in [3.63, 3.8) is 0 Å². The molecular weight excluding hydrogens is 302 g/mol. The average molecular weight is 335 g/mol. The van der Waals surface area contributed by atoms with Crippen molar-refractivity contribution in [2.24, 2.45) is 0 Å². The van der Waals surface area contributed by atoms with Crippen molar-refractivity contribution in [2.45, 2.75) is 71.0 Å². The monoisotopic (exact) mass is 335 g/mol. The summed E-state index contributed by atoms with van der Waals surface area (Å²) in [6.45, 7) is 11.7. The number of rotatable bonds is 8. The van der Waals surface area contributed by atoms with E-state index in [1.54, 1.807) is 0 Å². The van der Waals surface area contributed by atoms with Gasteiger partial charge in [0, 0.05) is 30.3 Å². The van der Waals surface area contributed by atoms with Crippen LogP contribution in [0, 0.1) is 13.8 Å². The van der Waals surface area contributed by atoms with Crippen molar-refractivity contribution in [3.05, 3.63) is 29.3 Å². The maximum absolute atomic E-state index is 9.44. The minimum Gasteiger partial charge on any atom is -0.491 e. The van der Waals surface area contributed by atoms with Gasteiger partial charge in [0.15, 0.2) is 0 Å². The Balaban J connectivity index is 2.11. The van der Waals surface area contributed by atoms with Gasteiger partial charge in [0.25, 0.3) is 0 Å². The number of aliphatic hydroxyl groups excluding tert-OH is 2. The number of ether oxygens (including phenoxy) is 1. The Morgan fingerprint density at radius 2 is 1.58 bits per heavy atom. The van der Waals surface area contributed by atoms with Gasteiger partial charge in [-0.15, -0.1) is 0 Å². The van der Waals surface area contributed by atoms with Crippen LogP contribution in [0.2, 0.25) is 0 Å². The second-order valence-electron chi connectivity index (χ2n) is 7.87. The number of hydrogen-bond acceptors (Lipinski definition) is 4. The van der Waals surface area contributed by atoms with Crippen molar-refractivity contribution in [1.82, 2.24) is 4.90 Å². The van der Waals surface area contributed by atoms with Gasteiger partial charge in [-0.1, -0.05) is 18.2 Å². The molecule has 1 heterocycles. The highest BCUT2D eigenvalue weighted by Gasteiger charge is 2.56. The number of benzene rings is 1. The van der Waals surface area contributed by atoms with Crippen molar-refractivity contribution < 1.29 is 14.9 Å². The molecule has 0 spiro atoms. The van der Waals surface area contributed by atoms with E-state index in [0.717, 1.165) is 36.1 Å². The van der Waals surface area contributed by atoms with E-state index in [2.05, 4.69) is 51.7 Å². The van der Waals surface area contributed by atoms with Crippen LogP contribution in [-0.2, 0) is 0 Å². The van der Waals surface area contributed by atoms with Gasteiger partial charge < -0.3 is 14.9 Å². The highest BCUT2D eigenvalue weighted by atomic mass is 16.5. The van der Waals surface area contributed by atoms with Gasteiger partial charge in [0.05, 0.1) is 0 Å². The Hall–Kier alpha value is -1.10. The smallest absolute Gasteiger partial charge is 0.125 e. The fourth-order valence-corrected chi connectivity index (χ4v) is 4.82. The first kappa shape index (κ1) is 19.2. The summed E-state index contributed by atoms with van der Waals surface area (Å²) in [6, 6.07) is 6.41. The third kappa shape index (κ3) is 3.61. The molecule has 0 amide bonds. The third-order valence-electron chi connectivity index (χ3n) is 5.54. The number of para-hydroxylation sites is 1. The molecule has 0 bridgehead atoms. The molecule has 4 heteroatoms. The number of aliphatic hydroxyl groups is 2. The highest BCUT2D eigenvalue weighted by Crippen LogP contribution is 2.50. The molecule has 2 N–H and O–H groups in total. The summed E-state index contributed by atoms with van der Waals surface area (Å²) in [5.74, 6) is 0.970.